The van der Waals surface area contributed by atoms with Gasteiger partial charge in [-0.3, -0.25) is 0 Å². The first-order valence-corrected chi connectivity index (χ1v) is 6.51. The zero-order chi connectivity index (χ0) is 11.8. The third kappa shape index (κ3) is 2.05. The lowest BCUT2D eigenvalue weighted by Crippen LogP contribution is -2.16. The van der Waals surface area contributed by atoms with Crippen LogP contribution in [-0.2, 0) is 6.42 Å². The molecule has 1 atom stereocenters. The zero-order valence-corrected chi connectivity index (χ0v) is 10.8. The Morgan fingerprint density at radius 2 is 2.35 bits per heavy atom. The quantitative estimate of drug-likeness (QED) is 0.830. The highest BCUT2D eigenvalue weighted by Gasteiger charge is 2.26. The molecule has 0 aromatic heterocycles. The third-order valence-electron chi connectivity index (χ3n) is 3.40. The molecule has 87 valence electrons. The summed E-state index contributed by atoms with van der Waals surface area (Å²) < 4.78 is 0. The van der Waals surface area contributed by atoms with Crippen LogP contribution >= 0.6 is 23.8 Å². The van der Waals surface area contributed by atoms with Crippen LogP contribution in [0, 0.1) is 0 Å². The minimum atomic E-state index is 0.529. The van der Waals surface area contributed by atoms with Crippen molar-refractivity contribution in [2.75, 3.05) is 0 Å². The molecule has 0 fully saturated rings. The fourth-order valence-corrected chi connectivity index (χ4v) is 3.06. The van der Waals surface area contributed by atoms with E-state index >= 15 is 0 Å². The fourth-order valence-electron chi connectivity index (χ4n) is 2.60. The minimum Gasteiger partial charge on any atom is -0.336 e. The Bertz CT molecular complexity index is 510. The van der Waals surface area contributed by atoms with Crippen molar-refractivity contribution in [3.63, 3.8) is 0 Å². The van der Waals surface area contributed by atoms with Gasteiger partial charge < -0.3 is 5.32 Å². The van der Waals surface area contributed by atoms with Crippen molar-refractivity contribution in [2.45, 2.75) is 25.2 Å². The van der Waals surface area contributed by atoms with Crippen molar-refractivity contribution in [1.82, 2.24) is 10.6 Å². The van der Waals surface area contributed by atoms with Crippen LogP contribution in [0.1, 0.15) is 29.9 Å². The first-order valence-electron chi connectivity index (χ1n) is 5.72. The molecule has 1 aliphatic heterocycles. The van der Waals surface area contributed by atoms with E-state index in [1.807, 2.05) is 18.3 Å². The Morgan fingerprint density at radius 1 is 1.47 bits per heavy atom. The molecule has 0 saturated heterocycles. The topological polar surface area (TPSA) is 26.1 Å². The maximum atomic E-state index is 6.20. The molecular formula is C13H12ClN2S. The normalized spacial score (nSPS) is 21.8. The van der Waals surface area contributed by atoms with E-state index in [9.17, 15) is 0 Å². The van der Waals surface area contributed by atoms with E-state index < -0.39 is 0 Å². The molecule has 17 heavy (non-hydrogen) atoms. The van der Waals surface area contributed by atoms with Crippen molar-refractivity contribution in [3.05, 3.63) is 46.2 Å². The Labute approximate surface area is 111 Å². The Kier molecular flexibility index (Phi) is 2.81. The molecule has 0 spiro atoms. The molecule has 4 heteroatoms. The molecule has 1 aromatic rings. The minimum absolute atomic E-state index is 0.529. The van der Waals surface area contributed by atoms with Gasteiger partial charge in [0.1, 0.15) is 0 Å². The van der Waals surface area contributed by atoms with Crippen molar-refractivity contribution < 1.29 is 0 Å². The van der Waals surface area contributed by atoms with Gasteiger partial charge in [0, 0.05) is 11.2 Å². The highest BCUT2D eigenvalue weighted by Crippen LogP contribution is 2.40. The number of rotatable bonds is 2. The predicted octanol–water partition coefficient (Wildman–Crippen LogP) is 3.09. The predicted molar refractivity (Wildman–Crippen MR) is 73.1 cm³/mol. The molecule has 2 aliphatic rings. The van der Waals surface area contributed by atoms with Crippen LogP contribution in [0.4, 0.5) is 0 Å². The monoisotopic (exact) mass is 263 g/mol. The summed E-state index contributed by atoms with van der Waals surface area (Å²) in [5.74, 6) is 0.529. The SMILES string of the molecule is S=C1[N]C(CC2CCc3c(Cl)cccc32)=CN1. The van der Waals surface area contributed by atoms with Gasteiger partial charge in [0.15, 0.2) is 5.11 Å². The first kappa shape index (κ1) is 11.1. The lowest BCUT2D eigenvalue weighted by molar-refractivity contribution is 0.658. The number of nitrogens with zero attached hydrogens (tertiary/aromatic N) is 1. The summed E-state index contributed by atoms with van der Waals surface area (Å²) in [7, 11) is 0. The maximum absolute atomic E-state index is 6.20. The Balaban J connectivity index is 1.80. The van der Waals surface area contributed by atoms with Crippen LogP contribution in [0.3, 0.4) is 0 Å². The number of nitrogens with one attached hydrogen (secondary N) is 1. The lowest BCUT2D eigenvalue weighted by Gasteiger charge is -2.11. The smallest absolute Gasteiger partial charge is 0.197 e. The van der Waals surface area contributed by atoms with Gasteiger partial charge in [-0.15, -0.1) is 0 Å². The average Bonchev–Trinajstić information content (AvgIpc) is 2.88. The summed E-state index contributed by atoms with van der Waals surface area (Å²) in [4.78, 5) is 0. The molecule has 0 bridgehead atoms. The molecule has 1 aliphatic carbocycles. The van der Waals surface area contributed by atoms with Crippen molar-refractivity contribution in [3.8, 4) is 0 Å². The average molecular weight is 264 g/mol. The van der Waals surface area contributed by atoms with Crippen LogP contribution in [0.2, 0.25) is 5.02 Å². The standard InChI is InChI=1S/C13H12ClN2S/c14-12-3-1-2-10-8(4-5-11(10)12)6-9-7-15-13(17)16-9/h1-3,7-8H,4-6H2,(H,15,17). The van der Waals surface area contributed by atoms with Crippen LogP contribution in [0.5, 0.6) is 0 Å². The van der Waals surface area contributed by atoms with Crippen LogP contribution in [0.25, 0.3) is 0 Å². The van der Waals surface area contributed by atoms with E-state index in [0.29, 0.717) is 11.0 Å². The molecule has 2 nitrogen and oxygen atoms in total. The Morgan fingerprint density at radius 3 is 3.12 bits per heavy atom. The summed E-state index contributed by atoms with van der Waals surface area (Å²) in [6.45, 7) is 0. The number of thiocarbonyl (C=S) groups is 1. The van der Waals surface area contributed by atoms with Crippen molar-refractivity contribution >= 4 is 28.9 Å². The molecule has 1 heterocycles. The van der Waals surface area contributed by atoms with Crippen LogP contribution < -0.4 is 10.6 Å². The van der Waals surface area contributed by atoms with Gasteiger partial charge in [0.05, 0.1) is 5.70 Å². The van der Waals surface area contributed by atoms with E-state index in [1.165, 1.54) is 11.1 Å². The zero-order valence-electron chi connectivity index (χ0n) is 9.24. The van der Waals surface area contributed by atoms with E-state index in [2.05, 4.69) is 16.7 Å². The first-order chi connectivity index (χ1) is 8.24. The second kappa shape index (κ2) is 4.31. The second-order valence-corrected chi connectivity index (χ2v) is 5.24. The summed E-state index contributed by atoms with van der Waals surface area (Å²) >= 11 is 11.2. The van der Waals surface area contributed by atoms with Crippen molar-refractivity contribution in [1.29, 1.82) is 0 Å². The van der Waals surface area contributed by atoms with Crippen LogP contribution in [0.15, 0.2) is 30.1 Å². The third-order valence-corrected chi connectivity index (χ3v) is 3.96. The van der Waals surface area contributed by atoms with Gasteiger partial charge in [-0.2, -0.15) is 0 Å². The molecular weight excluding hydrogens is 252 g/mol. The molecule has 1 aromatic carbocycles. The summed E-state index contributed by atoms with van der Waals surface area (Å²) in [5, 5.41) is 8.72. The molecule has 3 rings (SSSR count). The van der Waals surface area contributed by atoms with E-state index in [-0.39, 0.29) is 0 Å². The van der Waals surface area contributed by atoms with Gasteiger partial charge in [-0.05, 0) is 54.6 Å². The summed E-state index contributed by atoms with van der Waals surface area (Å²) in [5.41, 5.74) is 3.74. The molecule has 0 saturated carbocycles. The molecule has 0 amide bonds. The van der Waals surface area contributed by atoms with E-state index in [1.54, 1.807) is 0 Å². The number of hydrogen-bond donors (Lipinski definition) is 1. The summed E-state index contributed by atoms with van der Waals surface area (Å²) in [6, 6.07) is 6.18. The van der Waals surface area contributed by atoms with Crippen molar-refractivity contribution in [2.24, 2.45) is 0 Å². The van der Waals surface area contributed by atoms with Gasteiger partial charge in [0.25, 0.3) is 0 Å². The maximum Gasteiger partial charge on any atom is 0.197 e. The number of fused-ring (bicyclic) bond motifs is 1. The van der Waals surface area contributed by atoms with Gasteiger partial charge in [0.2, 0.25) is 0 Å². The fraction of sp³-hybridized carbons (Fsp3) is 0.308. The number of hydrogen-bond acceptors (Lipinski definition) is 1. The largest absolute Gasteiger partial charge is 0.336 e. The van der Waals surface area contributed by atoms with Gasteiger partial charge >= 0.3 is 0 Å². The van der Waals surface area contributed by atoms with E-state index in [0.717, 1.165) is 30.0 Å². The Hall–Kier alpha value is -1.06. The van der Waals surface area contributed by atoms with Crippen LogP contribution in [-0.4, -0.2) is 5.11 Å². The highest BCUT2D eigenvalue weighted by molar-refractivity contribution is 7.80. The van der Waals surface area contributed by atoms with Gasteiger partial charge in [-0.1, -0.05) is 23.7 Å². The molecule has 1 radical (unpaired) electrons. The number of allylic oxidation sites excluding steroid dienone is 1. The van der Waals surface area contributed by atoms with Gasteiger partial charge in [-0.25, -0.2) is 5.32 Å². The molecule has 1 unspecified atom stereocenters. The lowest BCUT2D eigenvalue weighted by atomic mass is 9.96. The number of benzene rings is 1. The highest BCUT2D eigenvalue weighted by atomic mass is 35.5. The number of halogens is 1. The second-order valence-electron chi connectivity index (χ2n) is 4.44. The summed E-state index contributed by atoms with van der Waals surface area (Å²) in [6.07, 6.45) is 5.08. The molecule has 1 N–H and O–H groups in total. The van der Waals surface area contributed by atoms with E-state index in [4.69, 9.17) is 23.8 Å².